The lowest BCUT2D eigenvalue weighted by molar-refractivity contribution is -0.117. The summed E-state index contributed by atoms with van der Waals surface area (Å²) >= 11 is 1.30. The number of anilines is 2. The van der Waals surface area contributed by atoms with Crippen LogP contribution in [0.3, 0.4) is 0 Å². The number of carbonyl (C=O) groups excluding carboxylic acids is 2. The molecule has 2 aromatic rings. The van der Waals surface area contributed by atoms with Gasteiger partial charge in [0.15, 0.2) is 0 Å². The highest BCUT2D eigenvalue weighted by molar-refractivity contribution is 7.18. The Morgan fingerprint density at radius 1 is 1.12 bits per heavy atom. The van der Waals surface area contributed by atoms with Crippen molar-refractivity contribution in [3.05, 3.63) is 40.3 Å². The average molecular weight is 344 g/mol. The fourth-order valence-corrected chi connectivity index (χ4v) is 3.45. The van der Waals surface area contributed by atoms with Crippen molar-refractivity contribution in [2.75, 3.05) is 17.7 Å². The summed E-state index contributed by atoms with van der Waals surface area (Å²) in [6.45, 7) is 3.80. The fraction of sp³-hybridized carbons (Fsp3) is 0.333. The molecule has 0 radical (unpaired) electrons. The van der Waals surface area contributed by atoms with E-state index in [1.54, 1.807) is 7.11 Å². The lowest BCUT2D eigenvalue weighted by atomic mass is 10.2. The number of hydrogen-bond donors (Lipinski definition) is 2. The van der Waals surface area contributed by atoms with E-state index >= 15 is 0 Å². The standard InChI is InChI=1S/C18H20N2O3S/c1-10-8-13(6-7-14(10)23-3)19-18(22)16-11(2)9-15(24-16)20-17(21)12-4-5-12/h6-9,12H,4-5H2,1-3H3,(H,19,22)(H,20,21). The van der Waals surface area contributed by atoms with E-state index in [9.17, 15) is 9.59 Å². The van der Waals surface area contributed by atoms with Gasteiger partial charge in [-0.05, 0) is 62.1 Å². The molecule has 2 amide bonds. The van der Waals surface area contributed by atoms with Crippen molar-refractivity contribution < 1.29 is 14.3 Å². The summed E-state index contributed by atoms with van der Waals surface area (Å²) in [5, 5.41) is 6.51. The van der Waals surface area contributed by atoms with Gasteiger partial charge in [0.25, 0.3) is 5.91 Å². The first-order valence-electron chi connectivity index (χ1n) is 7.85. The van der Waals surface area contributed by atoms with Gasteiger partial charge >= 0.3 is 0 Å². The Hall–Kier alpha value is -2.34. The number of benzene rings is 1. The van der Waals surface area contributed by atoms with Crippen molar-refractivity contribution in [1.82, 2.24) is 0 Å². The Balaban J connectivity index is 1.71. The maximum Gasteiger partial charge on any atom is 0.266 e. The minimum absolute atomic E-state index is 0.0500. The molecule has 6 heteroatoms. The Kier molecular flexibility index (Phi) is 4.57. The second-order valence-electron chi connectivity index (χ2n) is 6.02. The van der Waals surface area contributed by atoms with Crippen molar-refractivity contribution in [2.45, 2.75) is 26.7 Å². The highest BCUT2D eigenvalue weighted by Crippen LogP contribution is 2.33. The van der Waals surface area contributed by atoms with Crippen LogP contribution in [0.15, 0.2) is 24.3 Å². The Bertz CT molecular complexity index is 794. The van der Waals surface area contributed by atoms with Gasteiger partial charge in [0.05, 0.1) is 17.0 Å². The van der Waals surface area contributed by atoms with Gasteiger partial charge in [-0.1, -0.05) is 0 Å². The van der Waals surface area contributed by atoms with Crippen LogP contribution < -0.4 is 15.4 Å². The first-order valence-corrected chi connectivity index (χ1v) is 8.67. The van der Waals surface area contributed by atoms with Crippen LogP contribution in [0.4, 0.5) is 10.7 Å². The molecule has 0 saturated heterocycles. The molecule has 1 aliphatic rings. The highest BCUT2D eigenvalue weighted by Gasteiger charge is 2.30. The van der Waals surface area contributed by atoms with E-state index < -0.39 is 0 Å². The summed E-state index contributed by atoms with van der Waals surface area (Å²) in [5.41, 5.74) is 2.53. The van der Waals surface area contributed by atoms with Gasteiger partial charge in [-0.2, -0.15) is 0 Å². The van der Waals surface area contributed by atoms with Crippen LogP contribution in [0.2, 0.25) is 0 Å². The number of aryl methyl sites for hydroxylation is 2. The van der Waals surface area contributed by atoms with E-state index in [4.69, 9.17) is 4.74 Å². The monoisotopic (exact) mass is 344 g/mol. The number of carbonyl (C=O) groups is 2. The average Bonchev–Trinajstić information content (AvgIpc) is 3.32. The number of ether oxygens (including phenoxy) is 1. The number of methoxy groups -OCH3 is 1. The highest BCUT2D eigenvalue weighted by atomic mass is 32.1. The number of thiophene rings is 1. The van der Waals surface area contributed by atoms with Crippen molar-refractivity contribution >= 4 is 33.8 Å². The molecule has 1 heterocycles. The number of nitrogens with one attached hydrogen (secondary N) is 2. The zero-order valence-electron chi connectivity index (χ0n) is 13.9. The molecule has 0 unspecified atom stereocenters. The number of rotatable bonds is 5. The molecule has 0 atom stereocenters. The maximum absolute atomic E-state index is 12.5. The number of hydrogen-bond acceptors (Lipinski definition) is 4. The first-order chi connectivity index (χ1) is 11.5. The fourth-order valence-electron chi connectivity index (χ4n) is 2.48. The minimum Gasteiger partial charge on any atom is -0.496 e. The second kappa shape index (κ2) is 6.65. The van der Waals surface area contributed by atoms with Gasteiger partial charge in [-0.15, -0.1) is 11.3 Å². The molecule has 3 rings (SSSR count). The molecule has 24 heavy (non-hydrogen) atoms. The molecule has 126 valence electrons. The summed E-state index contributed by atoms with van der Waals surface area (Å²) in [5.74, 6) is 0.806. The zero-order chi connectivity index (χ0) is 17.3. The van der Waals surface area contributed by atoms with Crippen LogP contribution in [0, 0.1) is 19.8 Å². The lowest BCUT2D eigenvalue weighted by Crippen LogP contribution is -2.12. The third kappa shape index (κ3) is 3.59. The molecule has 1 aliphatic carbocycles. The van der Waals surface area contributed by atoms with Crippen LogP contribution in [-0.2, 0) is 4.79 Å². The largest absolute Gasteiger partial charge is 0.496 e. The summed E-state index contributed by atoms with van der Waals surface area (Å²) in [6.07, 6.45) is 1.92. The minimum atomic E-state index is -0.172. The molecule has 1 saturated carbocycles. The molecule has 1 fully saturated rings. The molecule has 2 N–H and O–H groups in total. The molecular weight excluding hydrogens is 324 g/mol. The maximum atomic E-state index is 12.5. The van der Waals surface area contributed by atoms with Gasteiger partial charge in [0, 0.05) is 11.6 Å². The van der Waals surface area contributed by atoms with Crippen molar-refractivity contribution in [3.8, 4) is 5.75 Å². The molecule has 0 spiro atoms. The Morgan fingerprint density at radius 3 is 2.50 bits per heavy atom. The Morgan fingerprint density at radius 2 is 1.88 bits per heavy atom. The van der Waals surface area contributed by atoms with Gasteiger partial charge in [0.2, 0.25) is 5.91 Å². The SMILES string of the molecule is COc1ccc(NC(=O)c2sc(NC(=O)C3CC3)cc2C)cc1C. The van der Waals surface area contributed by atoms with E-state index in [1.807, 2.05) is 38.1 Å². The summed E-state index contributed by atoms with van der Waals surface area (Å²) in [7, 11) is 1.62. The van der Waals surface area contributed by atoms with E-state index in [1.165, 1.54) is 11.3 Å². The molecular formula is C18H20N2O3S. The third-order valence-corrected chi connectivity index (χ3v) is 5.12. The van der Waals surface area contributed by atoms with Gasteiger partial charge in [-0.25, -0.2) is 0 Å². The predicted octanol–water partition coefficient (Wildman–Crippen LogP) is 3.97. The van der Waals surface area contributed by atoms with Gasteiger partial charge in [0.1, 0.15) is 5.75 Å². The zero-order valence-corrected chi connectivity index (χ0v) is 14.8. The van der Waals surface area contributed by atoms with E-state index in [2.05, 4.69) is 10.6 Å². The summed E-state index contributed by atoms with van der Waals surface area (Å²) < 4.78 is 5.22. The van der Waals surface area contributed by atoms with Gasteiger partial charge in [-0.3, -0.25) is 9.59 Å². The van der Waals surface area contributed by atoms with Crippen LogP contribution in [-0.4, -0.2) is 18.9 Å². The van der Waals surface area contributed by atoms with E-state index in [0.717, 1.165) is 40.4 Å². The molecule has 1 aromatic heterocycles. The predicted molar refractivity (Wildman–Crippen MR) is 96.1 cm³/mol. The topological polar surface area (TPSA) is 67.4 Å². The molecule has 1 aromatic carbocycles. The summed E-state index contributed by atoms with van der Waals surface area (Å²) in [4.78, 5) is 24.9. The van der Waals surface area contributed by atoms with Crippen LogP contribution in [0.1, 0.15) is 33.6 Å². The molecule has 5 nitrogen and oxygen atoms in total. The Labute approximate surface area is 145 Å². The van der Waals surface area contributed by atoms with Crippen molar-refractivity contribution in [2.24, 2.45) is 5.92 Å². The summed E-state index contributed by atoms with van der Waals surface area (Å²) in [6, 6.07) is 7.35. The van der Waals surface area contributed by atoms with E-state index in [-0.39, 0.29) is 17.7 Å². The normalized spacial score (nSPS) is 13.5. The van der Waals surface area contributed by atoms with Gasteiger partial charge < -0.3 is 15.4 Å². The van der Waals surface area contributed by atoms with E-state index in [0.29, 0.717) is 4.88 Å². The first kappa shape index (κ1) is 16.5. The van der Waals surface area contributed by atoms with Crippen LogP contribution in [0.5, 0.6) is 5.75 Å². The van der Waals surface area contributed by atoms with Crippen molar-refractivity contribution in [3.63, 3.8) is 0 Å². The smallest absolute Gasteiger partial charge is 0.266 e. The van der Waals surface area contributed by atoms with Crippen LogP contribution in [0.25, 0.3) is 0 Å². The third-order valence-electron chi connectivity index (χ3n) is 3.97. The number of amides is 2. The second-order valence-corrected chi connectivity index (χ2v) is 7.08. The molecule has 0 aliphatic heterocycles. The quantitative estimate of drug-likeness (QED) is 0.862. The van der Waals surface area contributed by atoms with Crippen molar-refractivity contribution in [1.29, 1.82) is 0 Å². The van der Waals surface area contributed by atoms with Crippen LogP contribution >= 0.6 is 11.3 Å². The lowest BCUT2D eigenvalue weighted by Gasteiger charge is -2.08. The molecule has 0 bridgehead atoms.